The van der Waals surface area contributed by atoms with Gasteiger partial charge in [-0.05, 0) is 0 Å². The number of H-pyrrole nitrogens is 1. The number of hydrogen-bond acceptors (Lipinski definition) is 7. The highest BCUT2D eigenvalue weighted by atomic mass is 16.6. The second-order valence-corrected chi connectivity index (χ2v) is 4.58. The number of aromatic nitrogens is 2. The molecule has 1 aromatic rings. The van der Waals surface area contributed by atoms with Crippen molar-refractivity contribution < 1.29 is 24.4 Å². The van der Waals surface area contributed by atoms with Crippen LogP contribution in [0.25, 0.3) is 0 Å². The molecule has 0 aliphatic carbocycles. The maximum Gasteiger partial charge on any atom is 0.330 e. The number of aliphatic hydroxyl groups excluding tert-OH is 2. The van der Waals surface area contributed by atoms with Gasteiger partial charge in [0.1, 0.15) is 18.3 Å². The molecule has 1 saturated heterocycles. The van der Waals surface area contributed by atoms with Crippen LogP contribution in [0.3, 0.4) is 0 Å². The molecule has 0 amide bonds. The summed E-state index contributed by atoms with van der Waals surface area (Å²) >= 11 is 0. The standard InChI is InChI=1S/C12H18N2O7/c1-19-4-5-20-10-9(17)7(6-15)21-11(10)14-3-2-8(16)13-12(14)18/h2-3,7,9-11,15,17H,4-6H2,1H3,(H,13,16,18)/t7-,9-,10-,11-/m1/s1. The molecular weight excluding hydrogens is 284 g/mol. The van der Waals surface area contributed by atoms with Gasteiger partial charge in [0.25, 0.3) is 5.56 Å². The van der Waals surface area contributed by atoms with Gasteiger partial charge in [-0.2, -0.15) is 0 Å². The molecule has 9 nitrogen and oxygen atoms in total. The molecule has 21 heavy (non-hydrogen) atoms. The van der Waals surface area contributed by atoms with E-state index in [-0.39, 0.29) is 6.61 Å². The number of nitrogens with zero attached hydrogens (tertiary/aromatic N) is 1. The smallest absolute Gasteiger partial charge is 0.330 e. The number of methoxy groups -OCH3 is 1. The van der Waals surface area contributed by atoms with E-state index in [2.05, 4.69) is 4.98 Å². The van der Waals surface area contributed by atoms with Crippen LogP contribution in [-0.4, -0.2) is 65.0 Å². The normalized spacial score (nSPS) is 28.9. The van der Waals surface area contributed by atoms with Crippen LogP contribution in [0, 0.1) is 0 Å². The van der Waals surface area contributed by atoms with Crippen molar-refractivity contribution in [2.24, 2.45) is 0 Å². The minimum absolute atomic E-state index is 0.189. The Bertz CT molecular complexity index is 569. The second kappa shape index (κ2) is 6.96. The van der Waals surface area contributed by atoms with Crippen LogP contribution in [0.5, 0.6) is 0 Å². The van der Waals surface area contributed by atoms with Crippen molar-refractivity contribution in [3.8, 4) is 0 Å². The Morgan fingerprint density at radius 1 is 1.43 bits per heavy atom. The molecule has 3 N–H and O–H groups in total. The highest BCUT2D eigenvalue weighted by Crippen LogP contribution is 2.30. The molecular formula is C12H18N2O7. The summed E-state index contributed by atoms with van der Waals surface area (Å²) in [6.45, 7) is 0.0779. The highest BCUT2D eigenvalue weighted by molar-refractivity contribution is 4.93. The van der Waals surface area contributed by atoms with Crippen LogP contribution in [0.1, 0.15) is 6.23 Å². The first-order valence-corrected chi connectivity index (χ1v) is 6.45. The summed E-state index contributed by atoms with van der Waals surface area (Å²) in [6, 6.07) is 1.16. The van der Waals surface area contributed by atoms with Gasteiger partial charge in [-0.1, -0.05) is 0 Å². The van der Waals surface area contributed by atoms with Gasteiger partial charge in [0.2, 0.25) is 0 Å². The van der Waals surface area contributed by atoms with Crippen molar-refractivity contribution in [3.05, 3.63) is 33.1 Å². The number of nitrogens with one attached hydrogen (secondary N) is 1. The molecule has 1 aliphatic rings. The molecule has 1 fully saturated rings. The Balaban J connectivity index is 2.25. The summed E-state index contributed by atoms with van der Waals surface area (Å²) in [5.74, 6) is 0. The molecule has 0 unspecified atom stereocenters. The molecule has 1 aliphatic heterocycles. The topological polar surface area (TPSA) is 123 Å². The van der Waals surface area contributed by atoms with Crippen molar-refractivity contribution in [2.45, 2.75) is 24.5 Å². The van der Waals surface area contributed by atoms with E-state index in [9.17, 15) is 19.8 Å². The molecule has 0 bridgehead atoms. The maximum atomic E-state index is 11.8. The van der Waals surface area contributed by atoms with E-state index in [0.717, 1.165) is 10.6 Å². The zero-order chi connectivity index (χ0) is 15.4. The van der Waals surface area contributed by atoms with Crippen molar-refractivity contribution >= 4 is 0 Å². The van der Waals surface area contributed by atoms with Gasteiger partial charge in [-0.15, -0.1) is 0 Å². The van der Waals surface area contributed by atoms with Crippen LogP contribution >= 0.6 is 0 Å². The van der Waals surface area contributed by atoms with Gasteiger partial charge in [0.05, 0.1) is 19.8 Å². The van der Waals surface area contributed by atoms with Crippen molar-refractivity contribution in [1.29, 1.82) is 0 Å². The third kappa shape index (κ3) is 3.39. The molecule has 2 rings (SSSR count). The summed E-state index contributed by atoms with van der Waals surface area (Å²) in [6.07, 6.45) is -2.53. The van der Waals surface area contributed by atoms with E-state index < -0.39 is 42.4 Å². The summed E-state index contributed by atoms with van der Waals surface area (Å²) in [4.78, 5) is 25.0. The third-order valence-electron chi connectivity index (χ3n) is 3.22. The monoisotopic (exact) mass is 302 g/mol. The van der Waals surface area contributed by atoms with Gasteiger partial charge >= 0.3 is 5.69 Å². The Labute approximate surface area is 119 Å². The lowest BCUT2D eigenvalue weighted by Gasteiger charge is -2.22. The van der Waals surface area contributed by atoms with Gasteiger partial charge in [0, 0.05) is 19.4 Å². The number of hydrogen-bond donors (Lipinski definition) is 3. The number of aliphatic hydroxyl groups is 2. The Hall–Kier alpha value is -1.52. The average molecular weight is 302 g/mol. The van der Waals surface area contributed by atoms with Crippen molar-refractivity contribution in [3.63, 3.8) is 0 Å². The summed E-state index contributed by atoms with van der Waals surface area (Å²) in [5, 5.41) is 19.3. The van der Waals surface area contributed by atoms with E-state index >= 15 is 0 Å². The first-order chi connectivity index (χ1) is 10.1. The number of ether oxygens (including phenoxy) is 3. The molecule has 1 aromatic heterocycles. The zero-order valence-corrected chi connectivity index (χ0v) is 11.5. The maximum absolute atomic E-state index is 11.8. The van der Waals surface area contributed by atoms with Crippen molar-refractivity contribution in [2.75, 3.05) is 26.9 Å². The fourth-order valence-corrected chi connectivity index (χ4v) is 2.17. The lowest BCUT2D eigenvalue weighted by Crippen LogP contribution is -2.39. The zero-order valence-electron chi connectivity index (χ0n) is 11.5. The number of aromatic amines is 1. The van der Waals surface area contributed by atoms with E-state index in [1.54, 1.807) is 0 Å². The van der Waals surface area contributed by atoms with Crippen LogP contribution in [-0.2, 0) is 14.2 Å². The van der Waals surface area contributed by atoms with Crippen LogP contribution in [0.15, 0.2) is 21.9 Å². The van der Waals surface area contributed by atoms with E-state index in [1.807, 2.05) is 0 Å². The first-order valence-electron chi connectivity index (χ1n) is 6.45. The molecule has 0 saturated carbocycles. The second-order valence-electron chi connectivity index (χ2n) is 4.58. The van der Waals surface area contributed by atoms with E-state index in [0.29, 0.717) is 6.61 Å². The predicted octanol–water partition coefficient (Wildman–Crippen LogP) is -2.18. The Morgan fingerprint density at radius 3 is 2.81 bits per heavy atom. The molecule has 2 heterocycles. The summed E-state index contributed by atoms with van der Waals surface area (Å²) in [5.41, 5.74) is -1.22. The minimum Gasteiger partial charge on any atom is -0.394 e. The highest BCUT2D eigenvalue weighted by Gasteiger charge is 2.45. The largest absolute Gasteiger partial charge is 0.394 e. The van der Waals surface area contributed by atoms with E-state index in [4.69, 9.17) is 14.2 Å². The van der Waals surface area contributed by atoms with Gasteiger partial charge in [-0.3, -0.25) is 14.3 Å². The SMILES string of the molecule is COCCO[C@@H]1[C@H](O)[C@@H](CO)O[C@H]1n1ccc(=O)[nH]c1=O. The van der Waals surface area contributed by atoms with Crippen molar-refractivity contribution in [1.82, 2.24) is 9.55 Å². The lowest BCUT2D eigenvalue weighted by atomic mass is 10.1. The van der Waals surface area contributed by atoms with E-state index in [1.165, 1.54) is 13.3 Å². The fraction of sp³-hybridized carbons (Fsp3) is 0.667. The molecule has 0 radical (unpaired) electrons. The molecule has 0 spiro atoms. The van der Waals surface area contributed by atoms with Crippen LogP contribution < -0.4 is 11.2 Å². The summed E-state index contributed by atoms with van der Waals surface area (Å²) < 4.78 is 16.9. The van der Waals surface area contributed by atoms with Gasteiger partial charge in [-0.25, -0.2) is 4.79 Å². The van der Waals surface area contributed by atoms with Crippen LogP contribution in [0.4, 0.5) is 0 Å². The third-order valence-corrected chi connectivity index (χ3v) is 3.22. The minimum atomic E-state index is -1.10. The molecule has 0 aromatic carbocycles. The lowest BCUT2D eigenvalue weighted by molar-refractivity contribution is -0.0819. The molecule has 4 atom stereocenters. The van der Waals surface area contributed by atoms with Gasteiger partial charge < -0.3 is 24.4 Å². The molecule has 9 heteroatoms. The quantitative estimate of drug-likeness (QED) is 0.510. The number of rotatable bonds is 6. The predicted molar refractivity (Wildman–Crippen MR) is 69.9 cm³/mol. The average Bonchev–Trinajstić information content (AvgIpc) is 2.76. The fourth-order valence-electron chi connectivity index (χ4n) is 2.17. The summed E-state index contributed by atoms with van der Waals surface area (Å²) in [7, 11) is 1.51. The first kappa shape index (κ1) is 15.9. The Morgan fingerprint density at radius 2 is 2.19 bits per heavy atom. The Kier molecular flexibility index (Phi) is 5.26. The molecule has 118 valence electrons. The van der Waals surface area contributed by atoms with Crippen LogP contribution in [0.2, 0.25) is 0 Å². The van der Waals surface area contributed by atoms with Gasteiger partial charge in [0.15, 0.2) is 6.23 Å².